The van der Waals surface area contributed by atoms with E-state index in [0.717, 1.165) is 4.90 Å². The number of imide groups is 1. The van der Waals surface area contributed by atoms with Crippen LogP contribution < -0.4 is 0 Å². The maximum absolute atomic E-state index is 14.2. The first-order valence-electron chi connectivity index (χ1n) is 12.9. The quantitative estimate of drug-likeness (QED) is 0.130. The number of nitro benzene ring substituents is 1. The number of rotatable bonds is 6. The number of alkyl halides is 2. The van der Waals surface area contributed by atoms with E-state index in [9.17, 15) is 24.5 Å². The molecule has 3 aromatic rings. The second kappa shape index (κ2) is 9.14. The van der Waals surface area contributed by atoms with Crippen LogP contribution >= 0.6 is 23.2 Å². The van der Waals surface area contributed by atoms with Crippen molar-refractivity contribution in [1.82, 2.24) is 4.90 Å². The fraction of sp³-hybridized carbons (Fsp3) is 0.300. The Hall–Kier alpha value is -3.75. The molecule has 4 aliphatic rings. The summed E-state index contributed by atoms with van der Waals surface area (Å²) in [5, 5.41) is 11.4. The molecule has 0 N–H and O–H groups in total. The lowest BCUT2D eigenvalue weighted by Crippen LogP contribution is -2.57. The van der Waals surface area contributed by atoms with Gasteiger partial charge in [0.1, 0.15) is 22.4 Å². The summed E-state index contributed by atoms with van der Waals surface area (Å²) in [6, 6.07) is 19.2. The van der Waals surface area contributed by atoms with Crippen molar-refractivity contribution < 1.29 is 24.0 Å². The molecule has 0 aromatic heterocycles. The molecular formula is C30H24Cl2N2O6. The highest BCUT2D eigenvalue weighted by Gasteiger charge is 2.74. The molecule has 7 rings (SSSR count). The molecule has 40 heavy (non-hydrogen) atoms. The van der Waals surface area contributed by atoms with E-state index in [1.54, 1.807) is 19.9 Å². The number of esters is 1. The van der Waals surface area contributed by atoms with Gasteiger partial charge < -0.3 is 4.74 Å². The van der Waals surface area contributed by atoms with E-state index >= 15 is 0 Å². The van der Waals surface area contributed by atoms with Crippen molar-refractivity contribution in [1.29, 1.82) is 0 Å². The zero-order chi connectivity index (χ0) is 28.6. The van der Waals surface area contributed by atoms with Gasteiger partial charge in [-0.1, -0.05) is 74.5 Å². The van der Waals surface area contributed by atoms with Crippen molar-refractivity contribution in [2.24, 2.45) is 17.8 Å². The predicted molar refractivity (Wildman–Crippen MR) is 147 cm³/mol. The highest BCUT2D eigenvalue weighted by Crippen LogP contribution is 2.69. The summed E-state index contributed by atoms with van der Waals surface area (Å²) in [5.74, 6) is -4.66. The normalized spacial score (nSPS) is 26.8. The van der Waals surface area contributed by atoms with Crippen molar-refractivity contribution in [2.45, 2.75) is 36.2 Å². The van der Waals surface area contributed by atoms with E-state index in [2.05, 4.69) is 0 Å². The van der Waals surface area contributed by atoms with E-state index in [-0.39, 0.29) is 11.3 Å². The Kier molecular flexibility index (Phi) is 6.05. The third-order valence-corrected chi connectivity index (χ3v) is 9.61. The van der Waals surface area contributed by atoms with Crippen LogP contribution in [0.4, 0.5) is 5.69 Å². The number of ether oxygens (including phenoxy) is 1. The Balaban J connectivity index is 1.41. The first-order chi connectivity index (χ1) is 19.0. The average molecular weight is 579 g/mol. The number of carbonyl (C=O) groups is 3. The molecule has 3 aromatic carbocycles. The number of para-hydroxylation sites is 1. The minimum absolute atomic E-state index is 0.194. The summed E-state index contributed by atoms with van der Waals surface area (Å²) in [4.78, 5) is 51.0. The lowest BCUT2D eigenvalue weighted by molar-refractivity contribution is -0.385. The average Bonchev–Trinajstić information content (AvgIpc) is 3.21. The lowest BCUT2D eigenvalue weighted by Gasteiger charge is -2.54. The number of nitrogens with zero attached hydrogens (tertiary/aromatic N) is 2. The fourth-order valence-corrected chi connectivity index (χ4v) is 7.78. The van der Waals surface area contributed by atoms with Gasteiger partial charge in [-0.3, -0.25) is 24.6 Å². The Morgan fingerprint density at radius 2 is 1.30 bits per heavy atom. The van der Waals surface area contributed by atoms with Gasteiger partial charge in [-0.25, -0.2) is 4.79 Å². The van der Waals surface area contributed by atoms with Gasteiger partial charge in [0, 0.05) is 6.07 Å². The number of nitro groups is 1. The molecule has 0 radical (unpaired) electrons. The van der Waals surface area contributed by atoms with Gasteiger partial charge in [-0.2, -0.15) is 0 Å². The van der Waals surface area contributed by atoms with Crippen LogP contribution in [0, 0.1) is 27.9 Å². The fourth-order valence-electron chi connectivity index (χ4n) is 6.68. The number of hydrogen-bond donors (Lipinski definition) is 0. The third-order valence-electron chi connectivity index (χ3n) is 8.33. The Morgan fingerprint density at radius 1 is 0.875 bits per heavy atom. The summed E-state index contributed by atoms with van der Waals surface area (Å²) in [7, 11) is 0. The number of hydrogen-bond acceptors (Lipinski definition) is 6. The molecule has 0 unspecified atom stereocenters. The Bertz CT molecular complexity index is 1480. The topological polar surface area (TPSA) is 107 Å². The summed E-state index contributed by atoms with van der Waals surface area (Å²) in [6.07, 6.45) is 0. The number of likely N-dealkylation sites (tertiary alicyclic amines) is 1. The van der Waals surface area contributed by atoms with Crippen molar-refractivity contribution in [2.75, 3.05) is 0 Å². The Morgan fingerprint density at radius 3 is 1.73 bits per heavy atom. The van der Waals surface area contributed by atoms with Crippen LogP contribution in [0.5, 0.6) is 0 Å². The van der Waals surface area contributed by atoms with Crippen molar-refractivity contribution in [3.8, 4) is 0 Å². The van der Waals surface area contributed by atoms with Gasteiger partial charge in [0.05, 0.1) is 22.3 Å². The number of benzene rings is 3. The minimum atomic E-state index is -1.37. The predicted octanol–water partition coefficient (Wildman–Crippen LogP) is 5.26. The van der Waals surface area contributed by atoms with E-state index in [4.69, 9.17) is 27.9 Å². The molecule has 1 saturated heterocycles. The zero-order valence-corrected chi connectivity index (χ0v) is 23.1. The SMILES string of the molecule is CC(C)[C@@H](C(=O)OCc1ccccc1[N+](=O)[O-])N1C(=O)[C@H]2[C@H](C1=O)C1(Cl)c3ccccc3C2(Cl)c2ccccc21. The molecule has 1 heterocycles. The van der Waals surface area contributed by atoms with Gasteiger partial charge in [0.2, 0.25) is 11.8 Å². The van der Waals surface area contributed by atoms with E-state index in [0.29, 0.717) is 22.3 Å². The van der Waals surface area contributed by atoms with Crippen molar-refractivity contribution in [3.63, 3.8) is 0 Å². The molecule has 1 aliphatic heterocycles. The maximum Gasteiger partial charge on any atom is 0.329 e. The molecular weight excluding hydrogens is 555 g/mol. The van der Waals surface area contributed by atoms with Crippen LogP contribution in [0.2, 0.25) is 0 Å². The van der Waals surface area contributed by atoms with Crippen LogP contribution in [-0.4, -0.2) is 33.6 Å². The number of halogens is 2. The van der Waals surface area contributed by atoms with E-state index in [1.807, 2.05) is 48.5 Å². The van der Waals surface area contributed by atoms with Crippen LogP contribution in [-0.2, 0) is 35.5 Å². The summed E-state index contributed by atoms with van der Waals surface area (Å²) in [5.41, 5.74) is 2.64. The van der Waals surface area contributed by atoms with Crippen LogP contribution in [0.15, 0.2) is 72.8 Å². The lowest BCUT2D eigenvalue weighted by atomic mass is 9.54. The molecule has 0 saturated carbocycles. The molecule has 0 spiro atoms. The second-order valence-corrected chi connectivity index (χ2v) is 11.9. The van der Waals surface area contributed by atoms with Gasteiger partial charge in [0.25, 0.3) is 5.69 Å². The van der Waals surface area contributed by atoms with Crippen LogP contribution in [0.25, 0.3) is 0 Å². The summed E-state index contributed by atoms with van der Waals surface area (Å²) in [6.45, 7) is 3.01. The molecule has 2 amide bonds. The highest BCUT2D eigenvalue weighted by atomic mass is 35.5. The Labute approximate surface area is 240 Å². The number of amides is 2. The molecule has 10 heteroatoms. The molecule has 204 valence electrons. The van der Waals surface area contributed by atoms with Crippen molar-refractivity contribution >= 4 is 46.7 Å². The standard InChI is InChI=1S/C30H24Cl2N2O6/c1-16(2)25(28(37)40-15-17-9-3-8-14-22(17)34(38)39)33-26(35)23-24(27(33)36)30(32)19-11-5-4-10-18(19)29(23,31)20-12-6-7-13-21(20)30/h3-14,16,23-25H,15H2,1-2H3/t23-,24-,25+,29?,30?/m1/s1. The molecule has 3 aliphatic carbocycles. The second-order valence-electron chi connectivity index (χ2n) is 10.7. The first-order valence-corrected chi connectivity index (χ1v) is 13.6. The largest absolute Gasteiger partial charge is 0.459 e. The summed E-state index contributed by atoms with van der Waals surface area (Å²) < 4.78 is 5.49. The van der Waals surface area contributed by atoms with Crippen LogP contribution in [0.1, 0.15) is 41.7 Å². The molecule has 8 nitrogen and oxygen atoms in total. The summed E-state index contributed by atoms with van der Waals surface area (Å²) >= 11 is 14.9. The monoisotopic (exact) mass is 578 g/mol. The van der Waals surface area contributed by atoms with Gasteiger partial charge in [-0.05, 0) is 34.2 Å². The van der Waals surface area contributed by atoms with Gasteiger partial charge in [0.15, 0.2) is 0 Å². The van der Waals surface area contributed by atoms with Crippen LogP contribution in [0.3, 0.4) is 0 Å². The maximum atomic E-state index is 14.2. The number of carbonyl (C=O) groups excluding carboxylic acids is 3. The molecule has 3 atom stereocenters. The zero-order valence-electron chi connectivity index (χ0n) is 21.5. The van der Waals surface area contributed by atoms with Gasteiger partial charge in [-0.15, -0.1) is 23.2 Å². The first kappa shape index (κ1) is 26.5. The van der Waals surface area contributed by atoms with Crippen molar-refractivity contribution in [3.05, 3.63) is 111 Å². The minimum Gasteiger partial charge on any atom is -0.459 e. The highest BCUT2D eigenvalue weighted by molar-refractivity contribution is 6.36. The molecule has 2 bridgehead atoms. The smallest absolute Gasteiger partial charge is 0.329 e. The van der Waals surface area contributed by atoms with Gasteiger partial charge >= 0.3 is 5.97 Å². The van der Waals surface area contributed by atoms with E-state index < -0.39 is 62.9 Å². The van der Waals surface area contributed by atoms with E-state index in [1.165, 1.54) is 18.2 Å². The third kappa shape index (κ3) is 3.35. The molecule has 1 fully saturated rings.